The fraction of sp³-hybridized carbons (Fsp3) is 0.440. The molecule has 2 aromatic rings. The number of aliphatic hydroxyl groups excluding tert-OH is 2. The van der Waals surface area contributed by atoms with Gasteiger partial charge in [0.25, 0.3) is 5.91 Å². The molecule has 3 N–H and O–H groups in total. The maximum atomic E-state index is 14.0. The Morgan fingerprint density at radius 1 is 1.15 bits per heavy atom. The second-order valence-electron chi connectivity index (χ2n) is 8.74. The number of amides is 1. The molecule has 182 valence electrons. The van der Waals surface area contributed by atoms with Crippen molar-refractivity contribution >= 4 is 5.91 Å². The minimum absolute atomic E-state index is 0.00526. The number of hydrogen-bond acceptors (Lipinski definition) is 6. The molecule has 0 aliphatic heterocycles. The average Bonchev–Trinajstić information content (AvgIpc) is 2.80. The van der Waals surface area contributed by atoms with Crippen molar-refractivity contribution in [2.45, 2.75) is 69.9 Å². The van der Waals surface area contributed by atoms with E-state index in [1.165, 1.54) is 6.07 Å². The summed E-state index contributed by atoms with van der Waals surface area (Å²) in [6.07, 6.45) is -4.22. The van der Waals surface area contributed by atoms with Crippen LogP contribution in [0.2, 0.25) is 0 Å². The highest BCUT2D eigenvalue weighted by atomic mass is 19.1. The van der Waals surface area contributed by atoms with Crippen LogP contribution >= 0.6 is 0 Å². The van der Waals surface area contributed by atoms with Crippen LogP contribution in [0.4, 0.5) is 8.78 Å². The van der Waals surface area contributed by atoms with Crippen LogP contribution in [-0.4, -0.2) is 46.1 Å². The topological polar surface area (TPSA) is 112 Å². The molecule has 0 radical (unpaired) electrons. The minimum Gasteiger partial charge on any atom is -0.390 e. The summed E-state index contributed by atoms with van der Waals surface area (Å²) < 4.78 is 39.7. The van der Waals surface area contributed by atoms with Gasteiger partial charge in [0.2, 0.25) is 0 Å². The Labute approximate surface area is 196 Å². The number of carbonyl (C=O) groups is 1. The highest BCUT2D eigenvalue weighted by Crippen LogP contribution is 2.36. The first-order valence-corrected chi connectivity index (χ1v) is 11.0. The van der Waals surface area contributed by atoms with Gasteiger partial charge in [-0.3, -0.25) is 4.79 Å². The van der Waals surface area contributed by atoms with Crippen molar-refractivity contribution in [3.05, 3.63) is 70.8 Å². The molecule has 1 aliphatic carbocycles. The number of rotatable bonds is 8. The van der Waals surface area contributed by atoms with Crippen LogP contribution in [0.15, 0.2) is 42.5 Å². The van der Waals surface area contributed by atoms with E-state index in [1.54, 1.807) is 38.1 Å². The largest absolute Gasteiger partial charge is 0.390 e. The molecule has 1 aliphatic rings. The van der Waals surface area contributed by atoms with Crippen molar-refractivity contribution in [2.75, 3.05) is 0 Å². The van der Waals surface area contributed by atoms with Gasteiger partial charge in [-0.2, -0.15) is 5.26 Å². The van der Waals surface area contributed by atoms with E-state index in [9.17, 15) is 23.8 Å². The number of aliphatic hydroxyl groups is 2. The summed E-state index contributed by atoms with van der Waals surface area (Å²) in [5.74, 6) is -2.09. The zero-order valence-corrected chi connectivity index (χ0v) is 19.0. The molecule has 1 amide bonds. The van der Waals surface area contributed by atoms with Gasteiger partial charge in [-0.25, -0.2) is 8.78 Å². The first kappa shape index (κ1) is 25.7. The molecule has 1 fully saturated rings. The highest BCUT2D eigenvalue weighted by molar-refractivity contribution is 5.85. The number of hydrogen-bond donors (Lipinski definition) is 3. The molecular formula is C25H28F2N2O5. The second kappa shape index (κ2) is 11.0. The molecule has 1 saturated carbocycles. The van der Waals surface area contributed by atoms with E-state index in [1.807, 2.05) is 6.07 Å². The Bertz CT molecular complexity index is 1020. The van der Waals surface area contributed by atoms with Gasteiger partial charge in [0, 0.05) is 24.4 Å². The van der Waals surface area contributed by atoms with Gasteiger partial charge in [0.05, 0.1) is 37.1 Å². The maximum absolute atomic E-state index is 14.0. The Kier molecular flexibility index (Phi) is 8.33. The number of carbonyl (C=O) groups excluding carboxylic acids is 1. The van der Waals surface area contributed by atoms with Gasteiger partial charge in [-0.15, -0.1) is 0 Å². The number of nitrogens with one attached hydrogen (secondary N) is 1. The molecule has 3 rings (SSSR count). The molecule has 2 aromatic carbocycles. The minimum atomic E-state index is -1.56. The molecule has 0 spiro atoms. The molecule has 34 heavy (non-hydrogen) atoms. The first-order valence-electron chi connectivity index (χ1n) is 11.0. The summed E-state index contributed by atoms with van der Waals surface area (Å²) in [5.41, 5.74) is -0.705. The number of ether oxygens (including phenoxy) is 2. The van der Waals surface area contributed by atoms with Crippen molar-refractivity contribution < 1.29 is 33.3 Å². The van der Waals surface area contributed by atoms with Crippen molar-refractivity contribution in [2.24, 2.45) is 0 Å². The lowest BCUT2D eigenvalue weighted by molar-refractivity contribution is -0.200. The van der Waals surface area contributed by atoms with Gasteiger partial charge in [-0.05, 0) is 43.7 Å². The van der Waals surface area contributed by atoms with Crippen LogP contribution in [0.3, 0.4) is 0 Å². The predicted octanol–water partition coefficient (Wildman–Crippen LogP) is 2.72. The van der Waals surface area contributed by atoms with Crippen molar-refractivity contribution in [1.82, 2.24) is 5.32 Å². The number of benzene rings is 2. The van der Waals surface area contributed by atoms with E-state index in [4.69, 9.17) is 14.7 Å². The zero-order valence-electron chi connectivity index (χ0n) is 19.0. The van der Waals surface area contributed by atoms with E-state index in [-0.39, 0.29) is 31.1 Å². The third-order valence-electron chi connectivity index (χ3n) is 5.78. The van der Waals surface area contributed by atoms with Gasteiger partial charge in [0.1, 0.15) is 17.7 Å². The third-order valence-corrected chi connectivity index (χ3v) is 5.78. The lowest BCUT2D eigenvalue weighted by atomic mass is 9.78. The van der Waals surface area contributed by atoms with Crippen LogP contribution in [0.5, 0.6) is 0 Å². The average molecular weight is 475 g/mol. The van der Waals surface area contributed by atoms with Crippen LogP contribution < -0.4 is 5.32 Å². The molecule has 0 heterocycles. The molecular weight excluding hydrogens is 446 g/mol. The van der Waals surface area contributed by atoms with E-state index in [0.29, 0.717) is 11.1 Å². The van der Waals surface area contributed by atoms with E-state index in [2.05, 4.69) is 5.32 Å². The second-order valence-corrected chi connectivity index (χ2v) is 8.74. The lowest BCUT2D eigenvalue weighted by Crippen LogP contribution is -2.61. The summed E-state index contributed by atoms with van der Waals surface area (Å²) in [5, 5.41) is 32.8. The van der Waals surface area contributed by atoms with E-state index >= 15 is 0 Å². The summed E-state index contributed by atoms with van der Waals surface area (Å²) in [6, 6.07) is 11.8. The van der Waals surface area contributed by atoms with Crippen molar-refractivity contribution in [3.8, 4) is 6.07 Å². The summed E-state index contributed by atoms with van der Waals surface area (Å²) in [4.78, 5) is 13.2. The molecule has 0 saturated heterocycles. The molecule has 4 atom stereocenters. The van der Waals surface area contributed by atoms with Crippen molar-refractivity contribution in [1.29, 1.82) is 5.26 Å². The molecule has 0 aromatic heterocycles. The third kappa shape index (κ3) is 5.96. The van der Waals surface area contributed by atoms with Gasteiger partial charge >= 0.3 is 0 Å². The predicted molar refractivity (Wildman–Crippen MR) is 118 cm³/mol. The molecule has 0 bridgehead atoms. The Hall–Kier alpha value is -2.90. The Balaban J connectivity index is 1.83. The highest BCUT2D eigenvalue weighted by Gasteiger charge is 2.51. The Morgan fingerprint density at radius 2 is 1.79 bits per heavy atom. The lowest BCUT2D eigenvalue weighted by Gasteiger charge is -2.44. The first-order chi connectivity index (χ1) is 16.1. The van der Waals surface area contributed by atoms with Gasteiger partial charge < -0.3 is 25.0 Å². The van der Waals surface area contributed by atoms with Gasteiger partial charge in [-0.1, -0.05) is 18.2 Å². The monoisotopic (exact) mass is 474 g/mol. The van der Waals surface area contributed by atoms with E-state index < -0.39 is 48.1 Å². The van der Waals surface area contributed by atoms with Crippen LogP contribution in [0.25, 0.3) is 0 Å². The standard InChI is InChI=1S/C25H28F2N2O5/c1-15(2)29-24(32)25(34-13-17-8-6-16(12-28)7-9-17)10-21(30)23(31)22(11-25)33-14-18-19(26)4-3-5-20(18)27/h3-9,15,21-23,30-31H,10-11,13-14H2,1-2H3,(H,29,32)/t21-,22?,23-,25+/m1/s1. The normalized spacial score (nSPS) is 24.6. The summed E-state index contributed by atoms with van der Waals surface area (Å²) in [6.45, 7) is 3.05. The zero-order chi connectivity index (χ0) is 24.9. The maximum Gasteiger partial charge on any atom is 0.252 e. The van der Waals surface area contributed by atoms with Crippen LogP contribution in [0, 0.1) is 23.0 Å². The summed E-state index contributed by atoms with van der Waals surface area (Å²) in [7, 11) is 0. The SMILES string of the molecule is CC(C)NC(=O)[C@@]1(OCc2ccc(C#N)cc2)CC(OCc2c(F)cccc2F)[C@H](O)[C@H](O)C1. The quantitative estimate of drug-likeness (QED) is 0.543. The van der Waals surface area contributed by atoms with Crippen molar-refractivity contribution in [3.63, 3.8) is 0 Å². The fourth-order valence-electron chi connectivity index (χ4n) is 3.91. The van der Waals surface area contributed by atoms with Gasteiger partial charge in [0.15, 0.2) is 5.60 Å². The molecule has 1 unspecified atom stereocenters. The number of nitriles is 1. The Morgan fingerprint density at radius 3 is 2.38 bits per heavy atom. The fourth-order valence-corrected chi connectivity index (χ4v) is 3.91. The number of nitrogens with zero attached hydrogens (tertiary/aromatic N) is 1. The molecule has 9 heteroatoms. The van der Waals surface area contributed by atoms with E-state index in [0.717, 1.165) is 12.1 Å². The summed E-state index contributed by atoms with van der Waals surface area (Å²) >= 11 is 0. The molecule has 7 nitrogen and oxygen atoms in total. The van der Waals surface area contributed by atoms with Crippen LogP contribution in [0.1, 0.15) is 43.4 Å². The number of halogens is 2. The smallest absolute Gasteiger partial charge is 0.252 e. The van der Waals surface area contributed by atoms with Crippen LogP contribution in [-0.2, 0) is 27.5 Å².